The van der Waals surface area contributed by atoms with Crippen molar-refractivity contribution in [3.05, 3.63) is 29.8 Å². The Morgan fingerprint density at radius 1 is 1.17 bits per heavy atom. The van der Waals surface area contributed by atoms with Crippen molar-refractivity contribution in [2.24, 2.45) is 11.7 Å². The largest absolute Gasteiger partial charge is 0.497 e. The molecule has 1 aromatic rings. The highest BCUT2D eigenvalue weighted by Crippen LogP contribution is 2.13. The number of amides is 1. The molecule has 0 saturated carbocycles. The summed E-state index contributed by atoms with van der Waals surface area (Å²) in [5, 5.41) is 2.68. The van der Waals surface area contributed by atoms with E-state index in [0.29, 0.717) is 18.8 Å². The summed E-state index contributed by atoms with van der Waals surface area (Å²) in [5.74, 6) is 0.189. The number of ether oxygens (including phenoxy) is 2. The summed E-state index contributed by atoms with van der Waals surface area (Å²) >= 11 is 0. The van der Waals surface area contributed by atoms with Gasteiger partial charge in [0.25, 0.3) is 0 Å². The van der Waals surface area contributed by atoms with Gasteiger partial charge in [-0.15, -0.1) is 0 Å². The van der Waals surface area contributed by atoms with E-state index in [4.69, 9.17) is 15.2 Å². The lowest BCUT2D eigenvalue weighted by Gasteiger charge is -2.20. The molecule has 1 rings (SSSR count). The fraction of sp³-hybridized carbons (Fsp3) is 0.529. The Hall–Kier alpha value is -2.08. The molecule has 0 saturated heterocycles. The van der Waals surface area contributed by atoms with Crippen LogP contribution in [-0.2, 0) is 20.7 Å². The Labute approximate surface area is 137 Å². The zero-order valence-corrected chi connectivity index (χ0v) is 14.2. The Balaban J connectivity index is 2.75. The van der Waals surface area contributed by atoms with Crippen molar-refractivity contribution >= 4 is 11.9 Å². The molecular weight excluding hydrogens is 296 g/mol. The number of hydrogen-bond acceptors (Lipinski definition) is 5. The molecule has 0 spiro atoms. The van der Waals surface area contributed by atoms with E-state index in [1.54, 1.807) is 19.2 Å². The Morgan fingerprint density at radius 3 is 2.26 bits per heavy atom. The monoisotopic (exact) mass is 322 g/mol. The lowest BCUT2D eigenvalue weighted by atomic mass is 10.0. The van der Waals surface area contributed by atoms with Crippen molar-refractivity contribution in [3.8, 4) is 5.75 Å². The second kappa shape index (κ2) is 9.15. The summed E-state index contributed by atoms with van der Waals surface area (Å²) in [6.07, 6.45) is 0.888. The fourth-order valence-electron chi connectivity index (χ4n) is 2.23. The molecule has 6 heteroatoms. The van der Waals surface area contributed by atoms with Gasteiger partial charge in [0.2, 0.25) is 5.91 Å². The number of rotatable bonds is 8. The van der Waals surface area contributed by atoms with Crippen molar-refractivity contribution in [1.29, 1.82) is 0 Å². The smallest absolute Gasteiger partial charge is 0.328 e. The van der Waals surface area contributed by atoms with Crippen LogP contribution in [0.25, 0.3) is 0 Å². The minimum Gasteiger partial charge on any atom is -0.497 e. The van der Waals surface area contributed by atoms with Gasteiger partial charge in [0.1, 0.15) is 11.8 Å². The van der Waals surface area contributed by atoms with Crippen LogP contribution in [0, 0.1) is 5.92 Å². The predicted octanol–water partition coefficient (Wildman–Crippen LogP) is 1.27. The van der Waals surface area contributed by atoms with Gasteiger partial charge in [-0.05, 0) is 30.0 Å². The molecule has 0 aromatic heterocycles. The number of benzene rings is 1. The third-order valence-electron chi connectivity index (χ3n) is 3.46. The summed E-state index contributed by atoms with van der Waals surface area (Å²) in [6.45, 7) is 3.98. The van der Waals surface area contributed by atoms with Crippen LogP contribution in [0.5, 0.6) is 5.75 Å². The molecule has 0 aliphatic rings. The van der Waals surface area contributed by atoms with E-state index in [0.717, 1.165) is 11.3 Å². The SMILES string of the molecule is COC(=O)[C@@H](Cc1ccc(OC)cc1)NC(=O)[C@@H](N)CC(C)C. The zero-order valence-electron chi connectivity index (χ0n) is 14.2. The van der Waals surface area contributed by atoms with Crippen LogP contribution in [0.15, 0.2) is 24.3 Å². The number of hydrogen-bond donors (Lipinski definition) is 2. The maximum Gasteiger partial charge on any atom is 0.328 e. The van der Waals surface area contributed by atoms with Crippen molar-refractivity contribution < 1.29 is 19.1 Å². The van der Waals surface area contributed by atoms with Gasteiger partial charge in [0.15, 0.2) is 0 Å². The Morgan fingerprint density at radius 2 is 1.78 bits per heavy atom. The second-order valence-corrected chi connectivity index (χ2v) is 5.87. The number of methoxy groups -OCH3 is 2. The summed E-state index contributed by atoms with van der Waals surface area (Å²) < 4.78 is 9.87. The van der Waals surface area contributed by atoms with Gasteiger partial charge < -0.3 is 20.5 Å². The summed E-state index contributed by atoms with van der Waals surface area (Å²) in [5.41, 5.74) is 6.75. The highest BCUT2D eigenvalue weighted by molar-refractivity contribution is 5.87. The minimum atomic E-state index is -0.765. The van der Waals surface area contributed by atoms with E-state index in [-0.39, 0.29) is 5.91 Å². The van der Waals surface area contributed by atoms with E-state index in [1.165, 1.54) is 7.11 Å². The van der Waals surface area contributed by atoms with E-state index >= 15 is 0 Å². The first-order valence-corrected chi connectivity index (χ1v) is 7.64. The van der Waals surface area contributed by atoms with Crippen LogP contribution >= 0.6 is 0 Å². The molecule has 1 amide bonds. The molecule has 0 bridgehead atoms. The van der Waals surface area contributed by atoms with Crippen LogP contribution in [0.3, 0.4) is 0 Å². The highest BCUT2D eigenvalue weighted by atomic mass is 16.5. The Kier molecular flexibility index (Phi) is 7.54. The third kappa shape index (κ3) is 6.28. The van der Waals surface area contributed by atoms with Gasteiger partial charge in [-0.3, -0.25) is 4.79 Å². The third-order valence-corrected chi connectivity index (χ3v) is 3.46. The lowest BCUT2D eigenvalue weighted by Crippen LogP contribution is -2.50. The van der Waals surface area contributed by atoms with Crippen molar-refractivity contribution in [2.45, 2.75) is 38.8 Å². The quantitative estimate of drug-likeness (QED) is 0.703. The number of carbonyl (C=O) groups is 2. The molecule has 23 heavy (non-hydrogen) atoms. The number of esters is 1. The van der Waals surface area contributed by atoms with Gasteiger partial charge in [0.05, 0.1) is 20.3 Å². The maximum absolute atomic E-state index is 12.1. The summed E-state index contributed by atoms with van der Waals surface area (Å²) in [4.78, 5) is 24.1. The Bertz CT molecular complexity index is 514. The standard InChI is InChI=1S/C17H26N2O4/c1-11(2)9-14(18)16(20)19-15(17(21)23-4)10-12-5-7-13(22-3)8-6-12/h5-8,11,14-15H,9-10,18H2,1-4H3,(H,19,20)/t14-,15+/m0/s1. The first kappa shape index (κ1) is 19.0. The van der Waals surface area contributed by atoms with E-state index in [9.17, 15) is 9.59 Å². The van der Waals surface area contributed by atoms with Crippen LogP contribution in [0.1, 0.15) is 25.8 Å². The summed E-state index contributed by atoms with van der Waals surface area (Å²) in [6, 6.07) is 5.88. The van der Waals surface area contributed by atoms with E-state index < -0.39 is 18.1 Å². The molecule has 0 aliphatic heterocycles. The number of nitrogens with two attached hydrogens (primary N) is 1. The fourth-order valence-corrected chi connectivity index (χ4v) is 2.23. The van der Waals surface area contributed by atoms with Crippen LogP contribution in [0.2, 0.25) is 0 Å². The predicted molar refractivity (Wildman–Crippen MR) is 88.1 cm³/mol. The highest BCUT2D eigenvalue weighted by Gasteiger charge is 2.25. The number of nitrogens with one attached hydrogen (secondary N) is 1. The topological polar surface area (TPSA) is 90.6 Å². The molecule has 0 fully saturated rings. The molecular formula is C17H26N2O4. The lowest BCUT2D eigenvalue weighted by molar-refractivity contribution is -0.145. The van der Waals surface area contributed by atoms with E-state index in [2.05, 4.69) is 5.32 Å². The van der Waals surface area contributed by atoms with Crippen LogP contribution < -0.4 is 15.8 Å². The molecule has 2 atom stereocenters. The summed E-state index contributed by atoms with van der Waals surface area (Å²) in [7, 11) is 2.88. The average molecular weight is 322 g/mol. The molecule has 1 aromatic carbocycles. The van der Waals surface area contributed by atoms with Gasteiger partial charge in [-0.2, -0.15) is 0 Å². The van der Waals surface area contributed by atoms with Gasteiger partial charge in [-0.25, -0.2) is 4.79 Å². The normalized spacial score (nSPS) is 13.3. The molecule has 0 unspecified atom stereocenters. The minimum absolute atomic E-state index is 0.300. The van der Waals surface area contributed by atoms with Gasteiger partial charge >= 0.3 is 5.97 Å². The van der Waals surface area contributed by atoms with Gasteiger partial charge in [0, 0.05) is 6.42 Å². The molecule has 0 aliphatic carbocycles. The molecule has 3 N–H and O–H groups in total. The van der Waals surface area contributed by atoms with E-state index in [1.807, 2.05) is 26.0 Å². The first-order chi connectivity index (χ1) is 10.9. The van der Waals surface area contributed by atoms with Crippen molar-refractivity contribution in [1.82, 2.24) is 5.32 Å². The van der Waals surface area contributed by atoms with Crippen LogP contribution in [0.4, 0.5) is 0 Å². The molecule has 0 radical (unpaired) electrons. The number of carbonyl (C=O) groups excluding carboxylic acids is 2. The maximum atomic E-state index is 12.1. The molecule has 128 valence electrons. The van der Waals surface area contributed by atoms with Crippen LogP contribution in [-0.4, -0.2) is 38.2 Å². The van der Waals surface area contributed by atoms with Crippen molar-refractivity contribution in [2.75, 3.05) is 14.2 Å². The average Bonchev–Trinajstić information content (AvgIpc) is 2.53. The zero-order chi connectivity index (χ0) is 17.4. The first-order valence-electron chi connectivity index (χ1n) is 7.64. The second-order valence-electron chi connectivity index (χ2n) is 5.87. The van der Waals surface area contributed by atoms with Crippen molar-refractivity contribution in [3.63, 3.8) is 0 Å². The molecule has 0 heterocycles. The molecule has 6 nitrogen and oxygen atoms in total. The van der Waals surface area contributed by atoms with Gasteiger partial charge in [-0.1, -0.05) is 26.0 Å².